The van der Waals surface area contributed by atoms with Crippen LogP contribution in [-0.2, 0) is 14.8 Å². The fourth-order valence-corrected chi connectivity index (χ4v) is 5.79. The second-order valence-corrected chi connectivity index (χ2v) is 10.1. The van der Waals surface area contributed by atoms with Gasteiger partial charge in [0.1, 0.15) is 17.6 Å². The van der Waals surface area contributed by atoms with E-state index in [9.17, 15) is 23.3 Å². The van der Waals surface area contributed by atoms with Gasteiger partial charge in [-0.15, -0.1) is 0 Å². The van der Waals surface area contributed by atoms with Crippen molar-refractivity contribution in [2.24, 2.45) is 5.92 Å². The van der Waals surface area contributed by atoms with Crippen LogP contribution in [0.3, 0.4) is 0 Å². The van der Waals surface area contributed by atoms with Crippen LogP contribution in [0, 0.1) is 16.0 Å². The summed E-state index contributed by atoms with van der Waals surface area (Å²) in [6.45, 7) is 0.804. The molecule has 1 saturated heterocycles. The molecular weight excluding hydrogens is 474 g/mol. The molecule has 0 radical (unpaired) electrons. The molecule has 12 heteroatoms. The van der Waals surface area contributed by atoms with E-state index in [1.807, 2.05) is 18.2 Å². The van der Waals surface area contributed by atoms with Gasteiger partial charge in [-0.1, -0.05) is 23.7 Å². The first-order valence-corrected chi connectivity index (χ1v) is 12.2. The van der Waals surface area contributed by atoms with Crippen molar-refractivity contribution in [3.8, 4) is 11.5 Å². The standard InChI is InChI=1S/C21H22ClN3O7S/c22-17-6-5-15(25(27)28)11-20(17)33(29,30)24-9-7-14(8-10-24)21(26)23-12-16-13-31-18-3-1-2-4-19(18)32-16/h1-6,11,14,16H,7-10,12-13H2,(H,23,26)/t16-/m1/s1. The Morgan fingerprint density at radius 3 is 2.58 bits per heavy atom. The maximum Gasteiger partial charge on any atom is 0.270 e. The van der Waals surface area contributed by atoms with Crippen LogP contribution in [0.25, 0.3) is 0 Å². The molecule has 2 heterocycles. The average molecular weight is 496 g/mol. The number of nitro groups is 1. The van der Waals surface area contributed by atoms with Crippen molar-refractivity contribution in [2.45, 2.75) is 23.8 Å². The van der Waals surface area contributed by atoms with E-state index in [0.717, 1.165) is 12.1 Å². The fraction of sp³-hybridized carbons (Fsp3) is 0.381. The number of para-hydroxylation sites is 2. The normalized spacial score (nSPS) is 19.1. The lowest BCUT2D eigenvalue weighted by molar-refractivity contribution is -0.385. The summed E-state index contributed by atoms with van der Waals surface area (Å²) in [5.41, 5.74) is -0.358. The first kappa shape index (κ1) is 23.3. The number of nitrogens with zero attached hydrogens (tertiary/aromatic N) is 2. The van der Waals surface area contributed by atoms with Gasteiger partial charge in [0.25, 0.3) is 5.69 Å². The molecule has 2 aromatic carbocycles. The van der Waals surface area contributed by atoms with Crippen LogP contribution in [0.4, 0.5) is 5.69 Å². The minimum Gasteiger partial charge on any atom is -0.486 e. The Morgan fingerprint density at radius 1 is 1.18 bits per heavy atom. The van der Waals surface area contributed by atoms with E-state index < -0.39 is 14.9 Å². The number of amides is 1. The third kappa shape index (κ3) is 5.05. The molecule has 0 saturated carbocycles. The summed E-state index contributed by atoms with van der Waals surface area (Å²) in [4.78, 5) is 22.6. The number of carbonyl (C=O) groups is 1. The van der Waals surface area contributed by atoms with E-state index >= 15 is 0 Å². The smallest absolute Gasteiger partial charge is 0.270 e. The van der Waals surface area contributed by atoms with Gasteiger partial charge in [0.2, 0.25) is 15.9 Å². The Balaban J connectivity index is 1.32. The van der Waals surface area contributed by atoms with Gasteiger partial charge in [-0.25, -0.2) is 8.42 Å². The number of non-ortho nitro benzene ring substituents is 1. The molecule has 1 amide bonds. The van der Waals surface area contributed by atoms with Crippen molar-refractivity contribution in [1.29, 1.82) is 0 Å². The van der Waals surface area contributed by atoms with Crippen LogP contribution in [0.15, 0.2) is 47.4 Å². The second-order valence-electron chi connectivity index (χ2n) is 7.79. The highest BCUT2D eigenvalue weighted by Crippen LogP contribution is 2.32. The van der Waals surface area contributed by atoms with Gasteiger partial charge in [-0.3, -0.25) is 14.9 Å². The molecule has 2 aliphatic rings. The summed E-state index contributed by atoms with van der Waals surface area (Å²) < 4.78 is 38.6. The van der Waals surface area contributed by atoms with E-state index in [-0.39, 0.29) is 53.2 Å². The number of fused-ring (bicyclic) bond motifs is 1. The highest BCUT2D eigenvalue weighted by molar-refractivity contribution is 7.89. The molecule has 0 aliphatic carbocycles. The second kappa shape index (κ2) is 9.54. The quantitative estimate of drug-likeness (QED) is 0.481. The van der Waals surface area contributed by atoms with Gasteiger partial charge in [-0.05, 0) is 31.0 Å². The molecule has 0 aromatic heterocycles. The van der Waals surface area contributed by atoms with E-state index in [4.69, 9.17) is 21.1 Å². The molecule has 2 aromatic rings. The Morgan fingerprint density at radius 2 is 1.88 bits per heavy atom. The maximum absolute atomic E-state index is 13.0. The number of halogens is 1. The Bertz CT molecular complexity index is 1170. The van der Waals surface area contributed by atoms with Crippen LogP contribution in [0.2, 0.25) is 5.02 Å². The number of hydrogen-bond acceptors (Lipinski definition) is 7. The number of nitrogens with one attached hydrogen (secondary N) is 1. The molecule has 1 fully saturated rings. The molecule has 2 aliphatic heterocycles. The molecule has 0 bridgehead atoms. The summed E-state index contributed by atoms with van der Waals surface area (Å²) in [5.74, 6) is 0.760. The van der Waals surface area contributed by atoms with Gasteiger partial charge in [-0.2, -0.15) is 4.31 Å². The van der Waals surface area contributed by atoms with E-state index in [1.54, 1.807) is 6.07 Å². The van der Waals surface area contributed by atoms with Crippen molar-refractivity contribution in [1.82, 2.24) is 9.62 Å². The summed E-state index contributed by atoms with van der Waals surface area (Å²) in [6.07, 6.45) is 0.325. The highest BCUT2D eigenvalue weighted by atomic mass is 35.5. The number of sulfonamides is 1. The molecule has 0 unspecified atom stereocenters. The van der Waals surface area contributed by atoms with Gasteiger partial charge >= 0.3 is 0 Å². The summed E-state index contributed by atoms with van der Waals surface area (Å²) >= 11 is 6.02. The van der Waals surface area contributed by atoms with Crippen LogP contribution >= 0.6 is 11.6 Å². The largest absolute Gasteiger partial charge is 0.486 e. The molecule has 4 rings (SSSR count). The minimum absolute atomic E-state index is 0.0864. The number of nitro benzene ring substituents is 1. The number of piperidine rings is 1. The Hall–Kier alpha value is -2.89. The van der Waals surface area contributed by atoms with E-state index in [2.05, 4.69) is 5.32 Å². The van der Waals surface area contributed by atoms with Crippen LogP contribution in [0.5, 0.6) is 11.5 Å². The molecular formula is C21H22ClN3O7S. The van der Waals surface area contributed by atoms with Crippen LogP contribution in [-0.4, -0.2) is 55.9 Å². The summed E-state index contributed by atoms with van der Waals surface area (Å²) in [5, 5.41) is 13.8. The number of hydrogen-bond donors (Lipinski definition) is 1. The maximum atomic E-state index is 13.0. The van der Waals surface area contributed by atoms with Gasteiger partial charge in [0.15, 0.2) is 11.5 Å². The molecule has 1 N–H and O–H groups in total. The first-order chi connectivity index (χ1) is 15.8. The van der Waals surface area contributed by atoms with Crippen molar-refractivity contribution in [3.63, 3.8) is 0 Å². The SMILES string of the molecule is O=C(NC[C@@H]1COc2ccccc2O1)C1CCN(S(=O)(=O)c2cc([N+](=O)[O-])ccc2Cl)CC1. The Labute approximate surface area is 195 Å². The summed E-state index contributed by atoms with van der Waals surface area (Å²) in [7, 11) is -4.03. The monoisotopic (exact) mass is 495 g/mol. The fourth-order valence-electron chi connectivity index (χ4n) is 3.82. The minimum atomic E-state index is -4.03. The third-order valence-electron chi connectivity index (χ3n) is 5.64. The lowest BCUT2D eigenvalue weighted by Gasteiger charge is -2.31. The zero-order chi connectivity index (χ0) is 23.6. The van der Waals surface area contributed by atoms with Crippen LogP contribution in [0.1, 0.15) is 12.8 Å². The number of carbonyl (C=O) groups excluding carboxylic acids is 1. The zero-order valence-electron chi connectivity index (χ0n) is 17.5. The van der Waals surface area contributed by atoms with Gasteiger partial charge in [0.05, 0.1) is 16.5 Å². The molecule has 1 atom stereocenters. The predicted molar refractivity (Wildman–Crippen MR) is 119 cm³/mol. The number of benzene rings is 2. The third-order valence-corrected chi connectivity index (χ3v) is 8.02. The van der Waals surface area contributed by atoms with Crippen molar-refractivity contribution < 1.29 is 27.6 Å². The summed E-state index contributed by atoms with van der Waals surface area (Å²) in [6, 6.07) is 10.6. The lowest BCUT2D eigenvalue weighted by Crippen LogP contribution is -2.46. The predicted octanol–water partition coefficient (Wildman–Crippen LogP) is 2.61. The van der Waals surface area contributed by atoms with Gasteiger partial charge in [0, 0.05) is 31.1 Å². The topological polar surface area (TPSA) is 128 Å². The first-order valence-electron chi connectivity index (χ1n) is 10.4. The lowest BCUT2D eigenvalue weighted by atomic mass is 9.97. The molecule has 10 nitrogen and oxygen atoms in total. The van der Waals surface area contributed by atoms with Crippen molar-refractivity contribution in [2.75, 3.05) is 26.2 Å². The Kier molecular flexibility index (Phi) is 6.73. The van der Waals surface area contributed by atoms with Crippen LogP contribution < -0.4 is 14.8 Å². The van der Waals surface area contributed by atoms with E-state index in [1.165, 1.54) is 10.4 Å². The number of rotatable bonds is 6. The molecule has 33 heavy (non-hydrogen) atoms. The average Bonchev–Trinajstić information content (AvgIpc) is 2.82. The van der Waals surface area contributed by atoms with Crippen molar-refractivity contribution in [3.05, 3.63) is 57.6 Å². The van der Waals surface area contributed by atoms with E-state index in [0.29, 0.717) is 30.9 Å². The molecule has 176 valence electrons. The van der Waals surface area contributed by atoms with Crippen molar-refractivity contribution >= 4 is 33.2 Å². The number of ether oxygens (including phenoxy) is 2. The highest BCUT2D eigenvalue weighted by Gasteiger charge is 2.34. The molecule has 0 spiro atoms. The van der Waals surface area contributed by atoms with Gasteiger partial charge < -0.3 is 14.8 Å². The zero-order valence-corrected chi connectivity index (χ0v) is 19.0.